The zero-order valence-electron chi connectivity index (χ0n) is 16.5. The maximum Gasteiger partial charge on any atom is 0.269 e. The van der Waals surface area contributed by atoms with Crippen molar-refractivity contribution in [3.05, 3.63) is 70.1 Å². The monoisotopic (exact) mass is 481 g/mol. The summed E-state index contributed by atoms with van der Waals surface area (Å²) in [7, 11) is -3.49. The molecule has 11 heteroatoms. The molecule has 1 aromatic heterocycles. The Kier molecular flexibility index (Phi) is 7.66. The number of benzene rings is 1. The average Bonchev–Trinajstić information content (AvgIpc) is 2.75. The lowest BCUT2D eigenvalue weighted by Gasteiger charge is -2.35. The molecule has 164 valence electrons. The van der Waals surface area contributed by atoms with E-state index < -0.39 is 15.9 Å². The van der Waals surface area contributed by atoms with E-state index in [0.29, 0.717) is 29.4 Å². The fourth-order valence-corrected chi connectivity index (χ4v) is 5.08. The van der Waals surface area contributed by atoms with E-state index in [2.05, 4.69) is 10.3 Å². The molecule has 1 fully saturated rings. The number of amides is 1. The third-order valence-electron chi connectivity index (χ3n) is 4.71. The molecule has 1 aliphatic heterocycles. The number of allylic oxidation sites excluding steroid dienone is 1. The number of carbonyl (C=O) groups excluding carboxylic acids is 1. The van der Waals surface area contributed by atoms with Crippen molar-refractivity contribution >= 4 is 51.0 Å². The zero-order chi connectivity index (χ0) is 22.4. The van der Waals surface area contributed by atoms with Gasteiger partial charge in [-0.3, -0.25) is 9.78 Å². The van der Waals surface area contributed by atoms with Gasteiger partial charge < -0.3 is 15.6 Å². The van der Waals surface area contributed by atoms with Crippen LogP contribution in [0.4, 0.5) is 5.69 Å². The molecule has 2 aromatic rings. The molecule has 8 nitrogen and oxygen atoms in total. The van der Waals surface area contributed by atoms with Gasteiger partial charge in [0.15, 0.2) is 0 Å². The quantitative estimate of drug-likeness (QED) is 0.466. The number of hydrogen-bond donors (Lipinski definition) is 2. The minimum Gasteiger partial charge on any atom is -0.366 e. The predicted molar refractivity (Wildman–Crippen MR) is 122 cm³/mol. The fourth-order valence-electron chi connectivity index (χ4n) is 3.15. The van der Waals surface area contributed by atoms with Crippen LogP contribution < -0.4 is 5.32 Å². The van der Waals surface area contributed by atoms with Crippen molar-refractivity contribution in [2.75, 3.05) is 31.5 Å². The minimum absolute atomic E-state index is 0.106. The average molecular weight is 482 g/mol. The second kappa shape index (κ2) is 10.2. The van der Waals surface area contributed by atoms with Crippen LogP contribution in [-0.2, 0) is 20.6 Å². The lowest BCUT2D eigenvalue weighted by molar-refractivity contribution is -0.112. The summed E-state index contributed by atoms with van der Waals surface area (Å²) in [5.41, 5.74) is 1.37. The van der Waals surface area contributed by atoms with Gasteiger partial charge in [-0.2, -0.15) is 4.31 Å². The fraction of sp³-hybridized carbons (Fsp3) is 0.250. The number of nitrogens with zero attached hydrogens (tertiary/aromatic N) is 3. The highest BCUT2D eigenvalue weighted by Crippen LogP contribution is 2.21. The molecular weight excluding hydrogens is 461 g/mol. The summed E-state index contributed by atoms with van der Waals surface area (Å²) in [6.45, 7) is 1.07. The lowest BCUT2D eigenvalue weighted by atomic mass is 10.2. The molecule has 1 amide bonds. The van der Waals surface area contributed by atoms with Crippen LogP contribution in [0.15, 0.2) is 59.5 Å². The van der Waals surface area contributed by atoms with E-state index in [0.717, 1.165) is 6.21 Å². The van der Waals surface area contributed by atoms with Crippen LogP contribution in [0.25, 0.3) is 0 Å². The zero-order valence-corrected chi connectivity index (χ0v) is 18.8. The number of aromatic nitrogens is 1. The molecule has 2 N–H and O–H groups in total. The minimum atomic E-state index is -3.49. The van der Waals surface area contributed by atoms with Crippen molar-refractivity contribution in [3.63, 3.8) is 0 Å². The molecule has 1 saturated heterocycles. The van der Waals surface area contributed by atoms with Gasteiger partial charge in [0.1, 0.15) is 5.03 Å². The number of halogens is 2. The van der Waals surface area contributed by atoms with Crippen LogP contribution in [0.5, 0.6) is 0 Å². The maximum atomic E-state index is 12.7. The first-order chi connectivity index (χ1) is 14.8. The summed E-state index contributed by atoms with van der Waals surface area (Å²) in [5, 5.41) is 10.7. The Hall–Kier alpha value is -2.46. The highest BCUT2D eigenvalue weighted by Gasteiger charge is 2.29. The number of pyridine rings is 1. The molecular formula is C20H21Cl2N5O3S. The molecule has 0 unspecified atom stereocenters. The van der Waals surface area contributed by atoms with Gasteiger partial charge in [0.25, 0.3) is 5.91 Å². The molecule has 0 bridgehead atoms. The highest BCUT2D eigenvalue weighted by molar-refractivity contribution is 7.88. The first-order valence-electron chi connectivity index (χ1n) is 9.39. The van der Waals surface area contributed by atoms with Gasteiger partial charge in [-0.25, -0.2) is 8.42 Å². The van der Waals surface area contributed by atoms with Gasteiger partial charge in [-0.1, -0.05) is 29.3 Å². The Morgan fingerprint density at radius 2 is 1.84 bits per heavy atom. The van der Waals surface area contributed by atoms with Gasteiger partial charge in [0, 0.05) is 55.5 Å². The van der Waals surface area contributed by atoms with Crippen LogP contribution in [-0.4, -0.2) is 60.9 Å². The third-order valence-corrected chi connectivity index (χ3v) is 7.17. The first-order valence-corrected chi connectivity index (χ1v) is 11.8. The van der Waals surface area contributed by atoms with Crippen LogP contribution in [0.1, 0.15) is 5.56 Å². The Labute approximate surface area is 191 Å². The second-order valence-corrected chi connectivity index (χ2v) is 9.59. The SMILES string of the molecule is N=CC(=C(Cl)C(=O)Nc1cccc(Cl)c1)N1CCN(S(=O)(=O)Cc2ccncc2)CC1. The Bertz CT molecular complexity index is 1090. The van der Waals surface area contributed by atoms with Crippen LogP contribution in [0, 0.1) is 5.41 Å². The number of rotatable bonds is 7. The van der Waals surface area contributed by atoms with Crippen molar-refractivity contribution in [1.82, 2.24) is 14.2 Å². The largest absolute Gasteiger partial charge is 0.366 e. The third kappa shape index (κ3) is 6.04. The number of hydrogen-bond acceptors (Lipinski definition) is 6. The highest BCUT2D eigenvalue weighted by atomic mass is 35.5. The Balaban J connectivity index is 1.66. The molecule has 0 atom stereocenters. The van der Waals surface area contributed by atoms with Gasteiger partial charge in [-0.05, 0) is 35.9 Å². The van der Waals surface area contributed by atoms with Crippen molar-refractivity contribution < 1.29 is 13.2 Å². The summed E-state index contributed by atoms with van der Waals surface area (Å²) >= 11 is 12.2. The summed E-state index contributed by atoms with van der Waals surface area (Å²) in [4.78, 5) is 18.1. The van der Waals surface area contributed by atoms with E-state index >= 15 is 0 Å². The molecule has 2 heterocycles. The number of carbonyl (C=O) groups is 1. The van der Waals surface area contributed by atoms with Gasteiger partial charge in [0.2, 0.25) is 10.0 Å². The van der Waals surface area contributed by atoms with E-state index in [1.165, 1.54) is 4.31 Å². The van der Waals surface area contributed by atoms with Crippen LogP contribution in [0.2, 0.25) is 5.02 Å². The van der Waals surface area contributed by atoms with E-state index in [1.807, 2.05) is 0 Å². The molecule has 1 aromatic carbocycles. The van der Waals surface area contributed by atoms with E-state index in [-0.39, 0.29) is 29.6 Å². The maximum absolute atomic E-state index is 12.7. The number of sulfonamides is 1. The summed E-state index contributed by atoms with van der Waals surface area (Å²) in [6.07, 6.45) is 4.11. The first kappa shape index (κ1) is 23.2. The van der Waals surface area contributed by atoms with Gasteiger partial charge in [-0.15, -0.1) is 0 Å². The summed E-state index contributed by atoms with van der Waals surface area (Å²) < 4.78 is 26.8. The van der Waals surface area contributed by atoms with Crippen molar-refractivity contribution in [2.24, 2.45) is 0 Å². The van der Waals surface area contributed by atoms with Crippen molar-refractivity contribution in [2.45, 2.75) is 5.75 Å². The molecule has 0 radical (unpaired) electrons. The number of anilines is 1. The Morgan fingerprint density at radius 1 is 1.16 bits per heavy atom. The van der Waals surface area contributed by atoms with Crippen LogP contribution in [0.3, 0.4) is 0 Å². The normalized spacial score (nSPS) is 15.9. The van der Waals surface area contributed by atoms with Gasteiger partial charge in [0.05, 0.1) is 11.4 Å². The lowest BCUT2D eigenvalue weighted by Crippen LogP contribution is -2.49. The second-order valence-electron chi connectivity index (χ2n) is 6.81. The molecule has 3 rings (SSSR count). The van der Waals surface area contributed by atoms with Gasteiger partial charge >= 0.3 is 0 Å². The summed E-state index contributed by atoms with van der Waals surface area (Å²) in [5.74, 6) is -0.679. The molecule has 0 aliphatic carbocycles. The number of piperazine rings is 1. The topological polar surface area (TPSA) is 106 Å². The standard InChI is InChI=1S/C20H21Cl2N5O3S/c21-16-2-1-3-17(12-16)25-20(28)19(22)18(13-23)26-8-10-27(11-9-26)31(29,30)14-15-4-6-24-7-5-15/h1-7,12-13,23H,8-11,14H2,(H,25,28). The molecule has 0 saturated carbocycles. The molecule has 1 aliphatic rings. The van der Waals surface area contributed by atoms with Crippen LogP contribution >= 0.6 is 23.2 Å². The molecule has 0 spiro atoms. The predicted octanol–water partition coefficient (Wildman–Crippen LogP) is 2.92. The summed E-state index contributed by atoms with van der Waals surface area (Å²) in [6, 6.07) is 9.97. The smallest absolute Gasteiger partial charge is 0.269 e. The van der Waals surface area contributed by atoms with Crippen molar-refractivity contribution in [3.8, 4) is 0 Å². The van der Waals surface area contributed by atoms with Crippen molar-refractivity contribution in [1.29, 1.82) is 5.41 Å². The van der Waals surface area contributed by atoms with E-state index in [1.54, 1.807) is 53.7 Å². The number of nitrogens with one attached hydrogen (secondary N) is 2. The van der Waals surface area contributed by atoms with E-state index in [9.17, 15) is 13.2 Å². The van der Waals surface area contributed by atoms with E-state index in [4.69, 9.17) is 28.6 Å². The molecule has 31 heavy (non-hydrogen) atoms. The Morgan fingerprint density at radius 3 is 2.45 bits per heavy atom.